The van der Waals surface area contributed by atoms with E-state index in [1.165, 1.54) is 17.7 Å². The van der Waals surface area contributed by atoms with E-state index >= 15 is 0 Å². The van der Waals surface area contributed by atoms with Gasteiger partial charge in [-0.05, 0) is 48.1 Å². The largest absolute Gasteiger partial charge is 0.503 e. The predicted molar refractivity (Wildman–Crippen MR) is 144 cm³/mol. The molecule has 1 N–H and O–H groups in total. The summed E-state index contributed by atoms with van der Waals surface area (Å²) in [5.41, 5.74) is 4.56. The van der Waals surface area contributed by atoms with Crippen LogP contribution in [-0.4, -0.2) is 50.2 Å². The number of pyridine rings is 2. The van der Waals surface area contributed by atoms with E-state index in [-0.39, 0.29) is 22.6 Å². The van der Waals surface area contributed by atoms with Crippen LogP contribution in [0.2, 0.25) is 0 Å². The maximum absolute atomic E-state index is 13.3. The van der Waals surface area contributed by atoms with E-state index in [9.17, 15) is 19.1 Å². The van der Waals surface area contributed by atoms with E-state index in [2.05, 4.69) is 21.9 Å². The molecule has 0 saturated carbocycles. The fourth-order valence-electron chi connectivity index (χ4n) is 6.47. The highest BCUT2D eigenvalue weighted by Gasteiger charge is 2.34. The molecule has 3 aromatic rings. The Morgan fingerprint density at radius 2 is 1.82 bits per heavy atom. The minimum absolute atomic E-state index is 0.0774. The van der Waals surface area contributed by atoms with Crippen LogP contribution in [0.1, 0.15) is 41.4 Å². The molecule has 0 spiro atoms. The number of rotatable bonds is 5. The van der Waals surface area contributed by atoms with Gasteiger partial charge in [-0.2, -0.15) is 0 Å². The Labute approximate surface area is 221 Å². The molecule has 0 aliphatic carbocycles. The number of hydrogen-bond donors (Lipinski definition) is 1. The zero-order valence-electron chi connectivity index (χ0n) is 21.6. The van der Waals surface area contributed by atoms with E-state index in [4.69, 9.17) is 0 Å². The third-order valence-electron chi connectivity index (χ3n) is 8.46. The van der Waals surface area contributed by atoms with Crippen LogP contribution in [0.3, 0.4) is 0 Å². The molecule has 5 heterocycles. The molecule has 7 nitrogen and oxygen atoms in total. The summed E-state index contributed by atoms with van der Waals surface area (Å²) in [4.78, 5) is 29.7. The second-order valence-corrected chi connectivity index (χ2v) is 11.0. The highest BCUT2D eigenvalue weighted by Crippen LogP contribution is 2.35. The monoisotopic (exact) mass is 516 g/mol. The first-order chi connectivity index (χ1) is 18.4. The van der Waals surface area contributed by atoms with Gasteiger partial charge in [0, 0.05) is 82.3 Å². The van der Waals surface area contributed by atoms with Gasteiger partial charge in [-0.25, -0.2) is 4.39 Å². The molecule has 1 aromatic carbocycles. The molecule has 1 saturated heterocycles. The molecule has 6 rings (SSSR count). The predicted octanol–water partition coefficient (Wildman–Crippen LogP) is 3.30. The maximum Gasteiger partial charge on any atom is 0.250 e. The van der Waals surface area contributed by atoms with Crippen molar-refractivity contribution in [2.45, 2.75) is 38.4 Å². The third-order valence-corrected chi connectivity index (χ3v) is 8.46. The molecular weight excluding hydrogens is 483 g/mol. The highest BCUT2D eigenvalue weighted by atomic mass is 19.1. The Balaban J connectivity index is 1.18. The summed E-state index contributed by atoms with van der Waals surface area (Å²) in [6, 6.07) is 13.7. The van der Waals surface area contributed by atoms with Gasteiger partial charge in [-0.3, -0.25) is 19.4 Å². The molecule has 3 aliphatic rings. The van der Waals surface area contributed by atoms with Gasteiger partial charge in [0.25, 0.3) is 5.56 Å². The lowest BCUT2D eigenvalue weighted by Crippen LogP contribution is -2.47. The van der Waals surface area contributed by atoms with Crippen molar-refractivity contribution in [2.75, 3.05) is 26.2 Å². The Kier molecular flexibility index (Phi) is 6.53. The van der Waals surface area contributed by atoms with Crippen LogP contribution in [0.25, 0.3) is 5.57 Å². The van der Waals surface area contributed by atoms with Crippen LogP contribution in [0.5, 0.6) is 5.75 Å². The van der Waals surface area contributed by atoms with Crippen molar-refractivity contribution in [1.82, 2.24) is 18.9 Å². The molecule has 2 atom stereocenters. The normalized spacial score (nSPS) is 21.7. The Bertz CT molecular complexity index is 1510. The Morgan fingerprint density at radius 3 is 2.58 bits per heavy atom. The smallest absolute Gasteiger partial charge is 0.250 e. The molecule has 2 aromatic heterocycles. The van der Waals surface area contributed by atoms with E-state index in [0.29, 0.717) is 37.2 Å². The number of aromatic hydroxyl groups is 1. The van der Waals surface area contributed by atoms with E-state index in [0.717, 1.165) is 56.0 Å². The Hall–Kier alpha value is -3.49. The topological polar surface area (TPSA) is 70.7 Å². The number of likely N-dealkylation sites (tertiary alicyclic amines) is 1. The Morgan fingerprint density at radius 1 is 1.00 bits per heavy atom. The first-order valence-electron chi connectivity index (χ1n) is 13.4. The minimum atomic E-state index is -0.346. The summed E-state index contributed by atoms with van der Waals surface area (Å²) in [6.07, 6.45) is 4.05. The second kappa shape index (κ2) is 10.0. The molecular formula is C30H33FN4O3. The molecule has 2 bridgehead atoms. The molecule has 3 aliphatic heterocycles. The molecule has 0 unspecified atom stereocenters. The zero-order chi connectivity index (χ0) is 26.4. The van der Waals surface area contributed by atoms with Crippen molar-refractivity contribution in [2.24, 2.45) is 13.0 Å². The van der Waals surface area contributed by atoms with Gasteiger partial charge in [-0.1, -0.05) is 24.3 Å². The van der Waals surface area contributed by atoms with Crippen LogP contribution in [0, 0.1) is 11.7 Å². The fraction of sp³-hybridized carbons (Fsp3) is 0.400. The summed E-state index contributed by atoms with van der Waals surface area (Å²) in [6.45, 7) is 5.04. The van der Waals surface area contributed by atoms with E-state index < -0.39 is 0 Å². The minimum Gasteiger partial charge on any atom is -0.503 e. The molecule has 1 fully saturated rings. The van der Waals surface area contributed by atoms with Gasteiger partial charge in [0.15, 0.2) is 5.75 Å². The lowest BCUT2D eigenvalue weighted by molar-refractivity contribution is 0.112. The van der Waals surface area contributed by atoms with Crippen LogP contribution >= 0.6 is 0 Å². The van der Waals surface area contributed by atoms with Crippen molar-refractivity contribution in [3.05, 3.63) is 104 Å². The standard InChI is InChI=1S/C30H33FN4O3/c1-32-25(18-34-15-20-13-23(17-34)26-3-2-4-29(37)35(26)16-20)14-28(36)30(38)27(32)19-33-11-9-22(10-12-33)21-5-7-24(31)8-6-21/h2-9,14,20,23,38H,10-13,15-19H2,1H3/t20-,23-/m0/s1. The number of piperidine rings is 1. The fourth-order valence-corrected chi connectivity index (χ4v) is 6.47. The summed E-state index contributed by atoms with van der Waals surface area (Å²) < 4.78 is 17.2. The molecule has 38 heavy (non-hydrogen) atoms. The highest BCUT2D eigenvalue weighted by molar-refractivity contribution is 5.66. The van der Waals surface area contributed by atoms with E-state index in [1.54, 1.807) is 12.1 Å². The molecule has 0 radical (unpaired) electrons. The van der Waals surface area contributed by atoms with Gasteiger partial charge in [-0.15, -0.1) is 0 Å². The number of nitrogens with zero attached hydrogens (tertiary/aromatic N) is 4. The average molecular weight is 517 g/mol. The van der Waals surface area contributed by atoms with Crippen molar-refractivity contribution >= 4 is 5.57 Å². The van der Waals surface area contributed by atoms with Gasteiger partial charge in [0.2, 0.25) is 5.43 Å². The molecule has 198 valence electrons. The summed E-state index contributed by atoms with van der Waals surface area (Å²) in [5, 5.41) is 10.7. The summed E-state index contributed by atoms with van der Waals surface area (Å²) >= 11 is 0. The number of aromatic nitrogens is 2. The van der Waals surface area contributed by atoms with Gasteiger partial charge < -0.3 is 14.2 Å². The van der Waals surface area contributed by atoms with Crippen molar-refractivity contribution in [1.29, 1.82) is 0 Å². The van der Waals surface area contributed by atoms with Gasteiger partial charge >= 0.3 is 0 Å². The van der Waals surface area contributed by atoms with Crippen LogP contribution in [0.4, 0.5) is 4.39 Å². The quantitative estimate of drug-likeness (QED) is 0.564. The zero-order valence-corrected chi connectivity index (χ0v) is 21.6. The van der Waals surface area contributed by atoms with E-state index in [1.807, 2.05) is 34.4 Å². The number of fused-ring (bicyclic) bond motifs is 4. The number of halogens is 1. The lowest BCUT2D eigenvalue weighted by Gasteiger charge is -2.43. The van der Waals surface area contributed by atoms with Gasteiger partial charge in [0.05, 0.1) is 5.69 Å². The maximum atomic E-state index is 13.3. The van der Waals surface area contributed by atoms with Crippen molar-refractivity contribution in [3.63, 3.8) is 0 Å². The van der Waals surface area contributed by atoms with Crippen molar-refractivity contribution < 1.29 is 9.50 Å². The third kappa shape index (κ3) is 4.74. The SMILES string of the molecule is Cn1c(CN2C[C@@H]3C[C@@H](C2)c2cccc(=O)n2C3)cc(=O)c(O)c1CN1CC=C(c2ccc(F)cc2)CC1. The summed E-state index contributed by atoms with van der Waals surface area (Å²) in [7, 11) is 1.92. The van der Waals surface area contributed by atoms with Crippen molar-refractivity contribution in [3.8, 4) is 5.75 Å². The van der Waals surface area contributed by atoms with Crippen LogP contribution in [-0.2, 0) is 26.7 Å². The average Bonchev–Trinajstić information content (AvgIpc) is 2.91. The first kappa shape index (κ1) is 24.8. The second-order valence-electron chi connectivity index (χ2n) is 11.0. The van der Waals surface area contributed by atoms with Crippen LogP contribution < -0.4 is 11.0 Å². The number of hydrogen-bond acceptors (Lipinski definition) is 5. The first-order valence-corrected chi connectivity index (χ1v) is 13.4. The number of benzene rings is 1. The molecule has 0 amide bonds. The van der Waals surface area contributed by atoms with Crippen LogP contribution in [0.15, 0.2) is 64.2 Å². The molecule has 8 heteroatoms. The lowest BCUT2D eigenvalue weighted by atomic mass is 9.83. The van der Waals surface area contributed by atoms with Gasteiger partial charge in [0.1, 0.15) is 5.82 Å². The summed E-state index contributed by atoms with van der Waals surface area (Å²) in [5.74, 6) is 0.287.